The third kappa shape index (κ3) is 3.50. The van der Waals surface area contributed by atoms with E-state index < -0.39 is 0 Å². The maximum absolute atomic E-state index is 13.1. The molecular formula is C27H25N3O2. The molecule has 1 amide bonds. The lowest BCUT2D eigenvalue weighted by atomic mass is 9.98. The van der Waals surface area contributed by atoms with Crippen LogP contribution in [0.5, 0.6) is 0 Å². The third-order valence-corrected chi connectivity index (χ3v) is 6.06. The van der Waals surface area contributed by atoms with Crippen LogP contribution in [-0.4, -0.2) is 26.9 Å². The summed E-state index contributed by atoms with van der Waals surface area (Å²) < 4.78 is 1.77. The van der Waals surface area contributed by atoms with Gasteiger partial charge in [0.1, 0.15) is 0 Å². The van der Waals surface area contributed by atoms with Crippen molar-refractivity contribution < 1.29 is 4.79 Å². The number of benzene rings is 2. The molecule has 0 atom stereocenters. The largest absolute Gasteiger partial charge is 0.334 e. The minimum atomic E-state index is -0.0836. The molecule has 0 spiro atoms. The second kappa shape index (κ2) is 7.75. The zero-order valence-corrected chi connectivity index (χ0v) is 18.6. The summed E-state index contributed by atoms with van der Waals surface area (Å²) in [5.74, 6) is 0.0379. The van der Waals surface area contributed by atoms with Gasteiger partial charge in [-0.1, -0.05) is 23.3 Å². The van der Waals surface area contributed by atoms with E-state index in [9.17, 15) is 9.59 Å². The topological polar surface area (TPSA) is 55.2 Å². The van der Waals surface area contributed by atoms with Crippen LogP contribution in [0.4, 0.5) is 0 Å². The molecule has 0 N–H and O–H groups in total. The van der Waals surface area contributed by atoms with Crippen molar-refractivity contribution in [3.05, 3.63) is 93.4 Å². The summed E-state index contributed by atoms with van der Waals surface area (Å²) in [5, 5.41) is 1.87. The minimum Gasteiger partial charge on any atom is -0.334 e. The summed E-state index contributed by atoms with van der Waals surface area (Å²) in [6.45, 7) is 7.16. The Labute approximate surface area is 186 Å². The second-order valence-corrected chi connectivity index (χ2v) is 8.77. The predicted molar refractivity (Wildman–Crippen MR) is 128 cm³/mol. The number of aryl methyl sites for hydroxylation is 1. The molecule has 2 aromatic carbocycles. The van der Waals surface area contributed by atoms with Crippen LogP contribution in [0.2, 0.25) is 0 Å². The van der Waals surface area contributed by atoms with Gasteiger partial charge in [-0.2, -0.15) is 0 Å². The van der Waals surface area contributed by atoms with Crippen LogP contribution in [0.3, 0.4) is 0 Å². The van der Waals surface area contributed by atoms with Crippen LogP contribution in [0, 0.1) is 6.92 Å². The number of nitrogens with zero attached hydrogens (tertiary/aromatic N) is 3. The molecule has 0 saturated heterocycles. The molecule has 0 unspecified atom stereocenters. The van der Waals surface area contributed by atoms with E-state index in [2.05, 4.69) is 23.2 Å². The van der Waals surface area contributed by atoms with E-state index in [0.717, 1.165) is 50.6 Å². The van der Waals surface area contributed by atoms with Gasteiger partial charge >= 0.3 is 0 Å². The molecule has 160 valence electrons. The predicted octanol–water partition coefficient (Wildman–Crippen LogP) is 4.70. The molecule has 5 heteroatoms. The first-order valence-electron chi connectivity index (χ1n) is 10.9. The molecule has 5 nitrogen and oxygen atoms in total. The highest BCUT2D eigenvalue weighted by molar-refractivity contribution is 6.04. The van der Waals surface area contributed by atoms with Crippen LogP contribution in [-0.2, 0) is 17.8 Å². The van der Waals surface area contributed by atoms with Crippen molar-refractivity contribution in [3.8, 4) is 5.69 Å². The summed E-state index contributed by atoms with van der Waals surface area (Å²) >= 11 is 0. The summed E-state index contributed by atoms with van der Waals surface area (Å²) in [6.07, 6.45) is 4.32. The lowest BCUT2D eigenvalue weighted by Gasteiger charge is -2.28. The quantitative estimate of drug-likeness (QED) is 0.347. The highest BCUT2D eigenvalue weighted by Gasteiger charge is 2.20. The van der Waals surface area contributed by atoms with Gasteiger partial charge < -0.3 is 4.90 Å². The van der Waals surface area contributed by atoms with Gasteiger partial charge in [-0.05, 0) is 68.7 Å². The molecule has 0 bridgehead atoms. The number of hydrogen-bond donors (Lipinski definition) is 0. The fourth-order valence-corrected chi connectivity index (χ4v) is 4.49. The third-order valence-electron chi connectivity index (χ3n) is 6.06. The van der Waals surface area contributed by atoms with Crippen molar-refractivity contribution in [1.82, 2.24) is 14.5 Å². The molecule has 3 heterocycles. The lowest BCUT2D eigenvalue weighted by molar-refractivity contribution is -0.126. The highest BCUT2D eigenvalue weighted by atomic mass is 16.2. The van der Waals surface area contributed by atoms with Crippen molar-refractivity contribution in [2.45, 2.75) is 33.7 Å². The second-order valence-electron chi connectivity index (χ2n) is 8.77. The number of pyridine rings is 2. The molecule has 32 heavy (non-hydrogen) atoms. The first-order valence-corrected chi connectivity index (χ1v) is 10.9. The molecule has 2 aromatic heterocycles. The van der Waals surface area contributed by atoms with Gasteiger partial charge in [0.25, 0.3) is 5.56 Å². The first kappa shape index (κ1) is 20.2. The number of carbonyl (C=O) groups is 1. The molecule has 0 fully saturated rings. The number of allylic oxidation sites excluding steroid dienone is 1. The lowest BCUT2D eigenvalue weighted by Crippen LogP contribution is -2.35. The Bertz CT molecular complexity index is 1480. The van der Waals surface area contributed by atoms with Gasteiger partial charge in [0.2, 0.25) is 5.91 Å². The average molecular weight is 424 g/mol. The fourth-order valence-electron chi connectivity index (χ4n) is 4.49. The van der Waals surface area contributed by atoms with E-state index in [1.54, 1.807) is 16.7 Å². The maximum atomic E-state index is 13.1. The number of aromatic nitrogens is 2. The molecular weight excluding hydrogens is 398 g/mol. The van der Waals surface area contributed by atoms with Gasteiger partial charge in [-0.15, -0.1) is 0 Å². The number of carbonyl (C=O) groups excluding carboxylic acids is 1. The Morgan fingerprint density at radius 2 is 1.88 bits per heavy atom. The van der Waals surface area contributed by atoms with Gasteiger partial charge in [-0.3, -0.25) is 19.1 Å². The number of amides is 1. The first-order chi connectivity index (χ1) is 15.4. The smallest absolute Gasteiger partial charge is 0.255 e. The van der Waals surface area contributed by atoms with Crippen molar-refractivity contribution in [2.24, 2.45) is 0 Å². The van der Waals surface area contributed by atoms with Crippen LogP contribution in [0.15, 0.2) is 71.2 Å². The standard InChI is InChI=1S/C27H25N3O2/c1-17(2)12-26(32)29-11-10-19-5-7-22(14-21(19)16-29)30-25(31)9-6-20-15-28-24-8-4-18(3)13-23(24)27(20)30/h4-9,12-15H,10-11,16H2,1-3H3. The van der Waals surface area contributed by atoms with Crippen LogP contribution < -0.4 is 5.56 Å². The summed E-state index contributed by atoms with van der Waals surface area (Å²) in [4.78, 5) is 32.1. The Hall–Kier alpha value is -3.73. The normalized spacial score (nSPS) is 13.3. The Morgan fingerprint density at radius 3 is 2.69 bits per heavy atom. The maximum Gasteiger partial charge on any atom is 0.255 e. The Balaban J connectivity index is 1.68. The number of hydrogen-bond acceptors (Lipinski definition) is 3. The van der Waals surface area contributed by atoms with Gasteiger partial charge in [-0.25, -0.2) is 0 Å². The van der Waals surface area contributed by atoms with E-state index in [1.165, 1.54) is 5.56 Å². The summed E-state index contributed by atoms with van der Waals surface area (Å²) in [5.41, 5.74) is 6.87. The Morgan fingerprint density at radius 1 is 1.03 bits per heavy atom. The van der Waals surface area contributed by atoms with Gasteiger partial charge in [0.05, 0.1) is 11.0 Å². The molecule has 0 aliphatic carbocycles. The van der Waals surface area contributed by atoms with Crippen LogP contribution in [0.25, 0.3) is 27.5 Å². The monoisotopic (exact) mass is 423 g/mol. The van der Waals surface area contributed by atoms with Crippen molar-refractivity contribution in [2.75, 3.05) is 6.54 Å². The SMILES string of the molecule is CC(C)=CC(=O)N1CCc2ccc(-n3c(=O)ccc4cnc5ccc(C)cc5c43)cc2C1. The molecule has 1 aliphatic heterocycles. The zero-order chi connectivity index (χ0) is 22.4. The van der Waals surface area contributed by atoms with E-state index in [4.69, 9.17) is 0 Å². The van der Waals surface area contributed by atoms with Crippen LogP contribution in [0.1, 0.15) is 30.5 Å². The fraction of sp³-hybridized carbons (Fsp3) is 0.222. The van der Waals surface area contributed by atoms with E-state index in [1.807, 2.05) is 56.1 Å². The van der Waals surface area contributed by atoms with Gasteiger partial charge in [0, 0.05) is 47.9 Å². The van der Waals surface area contributed by atoms with Crippen molar-refractivity contribution >= 4 is 27.7 Å². The Kier molecular flexibility index (Phi) is 4.89. The molecule has 0 saturated carbocycles. The number of fused-ring (bicyclic) bond motifs is 4. The van der Waals surface area contributed by atoms with Crippen molar-refractivity contribution in [3.63, 3.8) is 0 Å². The van der Waals surface area contributed by atoms with E-state index >= 15 is 0 Å². The zero-order valence-electron chi connectivity index (χ0n) is 18.6. The highest BCUT2D eigenvalue weighted by Crippen LogP contribution is 2.28. The molecule has 0 radical (unpaired) electrons. The average Bonchev–Trinajstić information content (AvgIpc) is 2.77. The van der Waals surface area contributed by atoms with Gasteiger partial charge in [0.15, 0.2) is 0 Å². The summed E-state index contributed by atoms with van der Waals surface area (Å²) in [7, 11) is 0. The summed E-state index contributed by atoms with van der Waals surface area (Å²) in [6, 6.07) is 15.7. The minimum absolute atomic E-state index is 0.0379. The molecule has 5 rings (SSSR count). The molecule has 1 aliphatic rings. The van der Waals surface area contributed by atoms with Crippen molar-refractivity contribution in [1.29, 1.82) is 0 Å². The number of rotatable bonds is 2. The van der Waals surface area contributed by atoms with E-state index in [-0.39, 0.29) is 11.5 Å². The van der Waals surface area contributed by atoms with Crippen LogP contribution >= 0.6 is 0 Å². The van der Waals surface area contributed by atoms with E-state index in [0.29, 0.717) is 13.1 Å². The molecule has 4 aromatic rings.